The molecule has 5 nitrogen and oxygen atoms in total. The van der Waals surface area contributed by atoms with Crippen LogP contribution in [-0.2, 0) is 22.6 Å². The van der Waals surface area contributed by atoms with Gasteiger partial charge >= 0.3 is 5.97 Å². The van der Waals surface area contributed by atoms with Crippen LogP contribution >= 0.6 is 11.3 Å². The van der Waals surface area contributed by atoms with Crippen molar-refractivity contribution in [3.05, 3.63) is 58.1 Å². The van der Waals surface area contributed by atoms with Crippen molar-refractivity contribution in [3.63, 3.8) is 0 Å². The molecule has 1 N–H and O–H groups in total. The number of nitrogens with zero attached hydrogens (tertiary/aromatic N) is 2. The van der Waals surface area contributed by atoms with Gasteiger partial charge in [0.1, 0.15) is 22.2 Å². The van der Waals surface area contributed by atoms with Crippen molar-refractivity contribution >= 4 is 39.1 Å². The number of carbonyl (C=O) groups excluding carboxylic acids is 1. The molecule has 0 bridgehead atoms. The maximum Gasteiger partial charge on any atom is 0.304 e. The molecule has 150 valence electrons. The maximum absolute atomic E-state index is 14.3. The quantitative estimate of drug-likeness (QED) is 0.507. The molecule has 4 rings (SSSR count). The summed E-state index contributed by atoms with van der Waals surface area (Å²) in [6, 6.07) is 4.52. The Morgan fingerprint density at radius 2 is 1.97 bits per heavy atom. The van der Waals surface area contributed by atoms with E-state index < -0.39 is 53.0 Å². The van der Waals surface area contributed by atoms with Crippen LogP contribution in [0.5, 0.6) is 0 Å². The van der Waals surface area contributed by atoms with Crippen LogP contribution in [0.3, 0.4) is 0 Å². The summed E-state index contributed by atoms with van der Waals surface area (Å²) in [5.74, 6) is -7.00. The summed E-state index contributed by atoms with van der Waals surface area (Å²) in [6.45, 7) is -0.259. The lowest BCUT2D eigenvalue weighted by Gasteiger charge is -2.33. The van der Waals surface area contributed by atoms with E-state index in [0.29, 0.717) is 6.07 Å². The Balaban J connectivity index is 1.77. The standard InChI is InChI=1S/C19H12F4N2O3S/c20-10-2-1-3-13-9(10)4-8(5-15(26)27)19(28)25(13)7-14-24-17-16(23)11(21)6-12(22)18(17)29-14/h1-3,6,8H,4-5,7H2,(H,26,27). The minimum Gasteiger partial charge on any atom is -0.481 e. The molecule has 3 aromatic rings. The number of hydrogen-bond donors (Lipinski definition) is 1. The summed E-state index contributed by atoms with van der Waals surface area (Å²) in [6.07, 6.45) is -0.560. The van der Waals surface area contributed by atoms with Gasteiger partial charge in [-0.1, -0.05) is 6.07 Å². The fourth-order valence-corrected chi connectivity index (χ4v) is 4.39. The highest BCUT2D eigenvalue weighted by Crippen LogP contribution is 2.36. The Bertz CT molecular complexity index is 1160. The molecule has 0 fully saturated rings. The molecule has 0 radical (unpaired) electrons. The van der Waals surface area contributed by atoms with Crippen LogP contribution in [0.2, 0.25) is 0 Å². The van der Waals surface area contributed by atoms with Crippen LogP contribution in [0, 0.1) is 29.2 Å². The number of thiazole rings is 1. The van der Waals surface area contributed by atoms with Crippen molar-refractivity contribution in [1.29, 1.82) is 0 Å². The van der Waals surface area contributed by atoms with Gasteiger partial charge in [0.05, 0.1) is 29.3 Å². The molecule has 0 spiro atoms. The predicted octanol–water partition coefficient (Wildman–Crippen LogP) is 4.03. The molecule has 1 aromatic heterocycles. The number of anilines is 1. The summed E-state index contributed by atoms with van der Waals surface area (Å²) in [5.41, 5.74) is -0.0700. The second-order valence-corrected chi connectivity index (χ2v) is 7.68. The van der Waals surface area contributed by atoms with Crippen LogP contribution in [-0.4, -0.2) is 22.0 Å². The third kappa shape index (κ3) is 3.33. The van der Waals surface area contributed by atoms with Gasteiger partial charge in [0, 0.05) is 11.6 Å². The highest BCUT2D eigenvalue weighted by molar-refractivity contribution is 7.18. The molecule has 1 aliphatic rings. The third-order valence-corrected chi connectivity index (χ3v) is 5.77. The fourth-order valence-electron chi connectivity index (χ4n) is 3.44. The number of aliphatic carboxylic acids is 1. The van der Waals surface area contributed by atoms with Crippen LogP contribution in [0.25, 0.3) is 10.2 Å². The zero-order valence-electron chi connectivity index (χ0n) is 14.6. The zero-order chi connectivity index (χ0) is 20.9. The van der Waals surface area contributed by atoms with Crippen LogP contribution < -0.4 is 4.90 Å². The summed E-state index contributed by atoms with van der Waals surface area (Å²) in [4.78, 5) is 29.0. The van der Waals surface area contributed by atoms with Gasteiger partial charge in [-0.25, -0.2) is 22.5 Å². The van der Waals surface area contributed by atoms with Gasteiger partial charge in [0.15, 0.2) is 11.6 Å². The highest BCUT2D eigenvalue weighted by atomic mass is 32.1. The molecule has 29 heavy (non-hydrogen) atoms. The number of aromatic nitrogens is 1. The molecule has 10 heteroatoms. The molecule has 2 aromatic carbocycles. The van der Waals surface area contributed by atoms with E-state index in [1.807, 2.05) is 0 Å². The van der Waals surface area contributed by atoms with Crippen LogP contribution in [0.1, 0.15) is 17.0 Å². The largest absolute Gasteiger partial charge is 0.481 e. The lowest BCUT2D eigenvalue weighted by atomic mass is 9.89. The number of carboxylic acids is 1. The molecule has 0 saturated heterocycles. The lowest BCUT2D eigenvalue weighted by Crippen LogP contribution is -2.42. The average Bonchev–Trinajstić information content (AvgIpc) is 3.08. The van der Waals surface area contributed by atoms with E-state index in [0.717, 1.165) is 16.2 Å². The first-order valence-electron chi connectivity index (χ1n) is 8.49. The third-order valence-electron chi connectivity index (χ3n) is 4.72. The topological polar surface area (TPSA) is 70.5 Å². The van der Waals surface area contributed by atoms with Crippen molar-refractivity contribution in [2.45, 2.75) is 19.4 Å². The summed E-state index contributed by atoms with van der Waals surface area (Å²) >= 11 is 0.740. The molecule has 1 unspecified atom stereocenters. The fraction of sp³-hybridized carbons (Fsp3) is 0.211. The Morgan fingerprint density at radius 3 is 2.69 bits per heavy atom. The molecule has 1 amide bonds. The molecule has 0 aliphatic carbocycles. The minimum absolute atomic E-state index is 0.0715. The first kappa shape index (κ1) is 19.3. The minimum atomic E-state index is -1.38. The molecular formula is C19H12F4N2O3S. The first-order chi connectivity index (χ1) is 13.8. The Hall–Kier alpha value is -3.01. The number of fused-ring (bicyclic) bond motifs is 2. The van der Waals surface area contributed by atoms with Gasteiger partial charge in [0.25, 0.3) is 0 Å². The Labute approximate surface area is 165 Å². The van der Waals surface area contributed by atoms with Crippen LogP contribution in [0.15, 0.2) is 24.3 Å². The molecule has 1 atom stereocenters. The number of halogens is 4. The van der Waals surface area contributed by atoms with Crippen molar-refractivity contribution in [2.75, 3.05) is 4.90 Å². The van der Waals surface area contributed by atoms with Gasteiger partial charge in [-0.2, -0.15) is 0 Å². The number of hydrogen-bond acceptors (Lipinski definition) is 4. The van der Waals surface area contributed by atoms with Crippen molar-refractivity contribution in [2.24, 2.45) is 5.92 Å². The number of carbonyl (C=O) groups is 2. The number of amides is 1. The van der Waals surface area contributed by atoms with E-state index in [1.54, 1.807) is 0 Å². The van der Waals surface area contributed by atoms with Gasteiger partial charge in [-0.05, 0) is 18.6 Å². The molecule has 0 saturated carbocycles. The molecule has 2 heterocycles. The smallest absolute Gasteiger partial charge is 0.304 e. The number of benzene rings is 2. The van der Waals surface area contributed by atoms with Crippen molar-refractivity contribution in [3.8, 4) is 0 Å². The number of carboxylic acid groups (broad SMARTS) is 1. The normalized spacial score (nSPS) is 16.3. The van der Waals surface area contributed by atoms with E-state index in [4.69, 9.17) is 5.11 Å². The first-order valence-corrected chi connectivity index (χ1v) is 9.31. The average molecular weight is 424 g/mol. The maximum atomic E-state index is 14.3. The monoisotopic (exact) mass is 424 g/mol. The van der Waals surface area contributed by atoms with Gasteiger partial charge in [-0.15, -0.1) is 11.3 Å². The van der Waals surface area contributed by atoms with Crippen LogP contribution in [0.4, 0.5) is 23.2 Å². The Morgan fingerprint density at radius 1 is 1.21 bits per heavy atom. The van der Waals surface area contributed by atoms with Gasteiger partial charge < -0.3 is 10.0 Å². The molecule has 1 aliphatic heterocycles. The van der Waals surface area contributed by atoms with E-state index >= 15 is 0 Å². The predicted molar refractivity (Wildman–Crippen MR) is 96.5 cm³/mol. The zero-order valence-corrected chi connectivity index (χ0v) is 15.4. The second kappa shape index (κ2) is 7.11. The summed E-state index contributed by atoms with van der Waals surface area (Å²) in [5, 5.41) is 9.17. The second-order valence-electron chi connectivity index (χ2n) is 6.60. The van der Waals surface area contributed by atoms with Crippen molar-refractivity contribution < 1.29 is 32.3 Å². The summed E-state index contributed by atoms with van der Waals surface area (Å²) < 4.78 is 55.5. The van der Waals surface area contributed by atoms with Gasteiger partial charge in [0.2, 0.25) is 5.91 Å². The molecular weight excluding hydrogens is 412 g/mol. The van der Waals surface area contributed by atoms with E-state index in [1.165, 1.54) is 18.2 Å². The lowest BCUT2D eigenvalue weighted by molar-refractivity contribution is -0.140. The van der Waals surface area contributed by atoms with Gasteiger partial charge in [-0.3, -0.25) is 9.59 Å². The van der Waals surface area contributed by atoms with Crippen molar-refractivity contribution in [1.82, 2.24) is 4.98 Å². The van der Waals surface area contributed by atoms with E-state index in [9.17, 15) is 27.2 Å². The highest BCUT2D eigenvalue weighted by Gasteiger charge is 2.36. The summed E-state index contributed by atoms with van der Waals surface area (Å²) in [7, 11) is 0. The van der Waals surface area contributed by atoms with E-state index in [2.05, 4.69) is 4.98 Å². The SMILES string of the molecule is O=C(O)CC1Cc2c(F)cccc2N(Cc2nc3c(F)c(F)cc(F)c3s2)C1=O. The van der Waals surface area contributed by atoms with E-state index in [-0.39, 0.29) is 33.9 Å². The number of rotatable bonds is 4. The Kier molecular flexibility index (Phi) is 4.73.